The maximum Gasteiger partial charge on any atom is 0.419 e. The number of phenols is 1. The molecule has 0 amide bonds. The molecule has 3 atom stereocenters. The molecule has 0 saturated carbocycles. The highest BCUT2D eigenvalue weighted by atomic mass is 19.4. The summed E-state index contributed by atoms with van der Waals surface area (Å²) in [5.41, 5.74) is -4.22. The highest BCUT2D eigenvalue weighted by Gasteiger charge is 2.62. The number of rotatable bonds is 3. The fourth-order valence-corrected chi connectivity index (χ4v) is 4.45. The van der Waals surface area contributed by atoms with Crippen molar-refractivity contribution in [1.29, 1.82) is 0 Å². The van der Waals surface area contributed by atoms with Crippen molar-refractivity contribution in [2.45, 2.75) is 43.5 Å². The van der Waals surface area contributed by atoms with Gasteiger partial charge in [-0.3, -0.25) is 4.79 Å². The Morgan fingerprint density at radius 3 is 2.47 bits per heavy atom. The van der Waals surface area contributed by atoms with Crippen LogP contribution in [0.3, 0.4) is 0 Å². The molecule has 0 bridgehead atoms. The molecule has 4 rings (SSSR count). The smallest absolute Gasteiger partial charge is 0.419 e. The van der Waals surface area contributed by atoms with E-state index < -0.39 is 53.1 Å². The summed E-state index contributed by atoms with van der Waals surface area (Å²) in [5.74, 6) is -3.49. The zero-order chi connectivity index (χ0) is 23.4. The van der Waals surface area contributed by atoms with Crippen molar-refractivity contribution < 1.29 is 32.2 Å². The molecule has 10 heteroatoms. The van der Waals surface area contributed by atoms with E-state index in [1.165, 1.54) is 12.1 Å². The number of alkyl halides is 3. The Morgan fingerprint density at radius 2 is 1.81 bits per heavy atom. The Bertz CT molecular complexity index is 1260. The number of phenolic OH excluding ortho intramolecular Hbond substituents is 1. The van der Waals surface area contributed by atoms with Crippen molar-refractivity contribution in [3.8, 4) is 5.75 Å². The monoisotopic (exact) mass is 454 g/mol. The van der Waals surface area contributed by atoms with E-state index in [1.54, 1.807) is 6.92 Å². The minimum atomic E-state index is -5.08. The number of pyridine rings is 1. The van der Waals surface area contributed by atoms with Crippen LogP contribution in [0.1, 0.15) is 42.9 Å². The number of aliphatic hydroxyl groups is 1. The summed E-state index contributed by atoms with van der Waals surface area (Å²) in [6.45, 7) is 1.58. The maximum atomic E-state index is 14.2. The Balaban J connectivity index is 1.95. The molecule has 3 aromatic rings. The lowest BCUT2D eigenvalue weighted by atomic mass is 9.69. The summed E-state index contributed by atoms with van der Waals surface area (Å²) < 4.78 is 70.7. The minimum Gasteiger partial charge on any atom is -0.505 e. The van der Waals surface area contributed by atoms with E-state index in [9.17, 15) is 37.0 Å². The molecule has 0 radical (unpaired) electrons. The van der Waals surface area contributed by atoms with Crippen LogP contribution in [0.15, 0.2) is 41.2 Å². The predicted molar refractivity (Wildman–Crippen MR) is 108 cm³/mol. The van der Waals surface area contributed by atoms with Gasteiger partial charge < -0.3 is 20.5 Å². The predicted octanol–water partition coefficient (Wildman–Crippen LogP) is 4.86. The third-order valence-corrected chi connectivity index (χ3v) is 6.08. The summed E-state index contributed by atoms with van der Waals surface area (Å²) in [4.78, 5) is 13.9. The molecule has 0 unspecified atom stereocenters. The molecule has 32 heavy (non-hydrogen) atoms. The van der Waals surface area contributed by atoms with Gasteiger partial charge in [0.25, 0.3) is 0 Å². The summed E-state index contributed by atoms with van der Waals surface area (Å²) in [6.07, 6.45) is -5.77. The van der Waals surface area contributed by atoms with Gasteiger partial charge in [0.1, 0.15) is 5.82 Å². The van der Waals surface area contributed by atoms with Crippen molar-refractivity contribution in [3.63, 3.8) is 0 Å². The highest BCUT2D eigenvalue weighted by Crippen LogP contribution is 2.55. The second-order valence-electron chi connectivity index (χ2n) is 7.91. The van der Waals surface area contributed by atoms with E-state index in [0.717, 1.165) is 24.3 Å². The first-order valence-electron chi connectivity index (χ1n) is 9.86. The number of hydrogen-bond donors (Lipinski definition) is 4. The van der Waals surface area contributed by atoms with Gasteiger partial charge >= 0.3 is 6.18 Å². The zero-order valence-corrected chi connectivity index (χ0v) is 16.7. The highest BCUT2D eigenvalue weighted by molar-refractivity contribution is 5.91. The van der Waals surface area contributed by atoms with Crippen LogP contribution in [0.5, 0.6) is 5.75 Å². The summed E-state index contributed by atoms with van der Waals surface area (Å²) in [5, 5.41) is 23.9. The normalized spacial score (nSPS) is 23.2. The molecule has 5 nitrogen and oxygen atoms in total. The van der Waals surface area contributed by atoms with Crippen molar-refractivity contribution in [2.24, 2.45) is 0 Å². The van der Waals surface area contributed by atoms with Crippen LogP contribution in [0.4, 0.5) is 27.6 Å². The number of hydrogen-bond acceptors (Lipinski definition) is 4. The van der Waals surface area contributed by atoms with Crippen LogP contribution >= 0.6 is 0 Å². The average molecular weight is 454 g/mol. The van der Waals surface area contributed by atoms with Crippen molar-refractivity contribution in [3.05, 3.63) is 69.5 Å². The zero-order valence-electron chi connectivity index (χ0n) is 16.7. The van der Waals surface area contributed by atoms with E-state index in [-0.39, 0.29) is 34.1 Å². The van der Waals surface area contributed by atoms with Crippen molar-refractivity contribution >= 4 is 16.6 Å². The van der Waals surface area contributed by atoms with Crippen molar-refractivity contribution in [1.82, 2.24) is 4.98 Å². The molecule has 0 fully saturated rings. The number of fused-ring (bicyclic) bond motifs is 2. The van der Waals surface area contributed by atoms with Gasteiger partial charge in [-0.1, -0.05) is 13.0 Å². The molecule has 170 valence electrons. The molecule has 1 aromatic heterocycles. The van der Waals surface area contributed by atoms with Crippen LogP contribution in [0.2, 0.25) is 0 Å². The number of halogens is 5. The van der Waals surface area contributed by atoms with Gasteiger partial charge in [0.2, 0.25) is 5.56 Å². The van der Waals surface area contributed by atoms with Gasteiger partial charge in [-0.05, 0) is 48.6 Å². The summed E-state index contributed by atoms with van der Waals surface area (Å²) in [6, 6.07) is 4.56. The minimum absolute atomic E-state index is 0.00929. The molecule has 4 N–H and O–H groups in total. The molecule has 1 aliphatic rings. The maximum absolute atomic E-state index is 14.2. The molecule has 2 aromatic carbocycles. The van der Waals surface area contributed by atoms with E-state index in [4.69, 9.17) is 0 Å². The Labute approximate surface area is 178 Å². The van der Waals surface area contributed by atoms with Crippen LogP contribution in [0, 0.1) is 11.6 Å². The molecule has 0 aliphatic heterocycles. The second-order valence-corrected chi connectivity index (χ2v) is 7.91. The molecule has 1 heterocycles. The van der Waals surface area contributed by atoms with Gasteiger partial charge in [-0.2, -0.15) is 13.2 Å². The Kier molecular flexibility index (Phi) is 5.15. The Morgan fingerprint density at radius 1 is 1.12 bits per heavy atom. The SMILES string of the molecule is CC[C@@H]1C[C@](O)(C(F)(F)F)[C@@H](Nc2ccc(F)c3[nH]c(=O)ccc23)c2ccc(F)c(O)c21. The van der Waals surface area contributed by atoms with E-state index in [2.05, 4.69) is 10.3 Å². The number of aromatic hydroxyl groups is 1. The lowest BCUT2D eigenvalue weighted by Gasteiger charge is -2.45. The van der Waals surface area contributed by atoms with E-state index in [0.29, 0.717) is 0 Å². The van der Waals surface area contributed by atoms with Gasteiger partial charge in [0.15, 0.2) is 17.2 Å². The van der Waals surface area contributed by atoms with Crippen LogP contribution in [0.25, 0.3) is 10.9 Å². The third-order valence-electron chi connectivity index (χ3n) is 6.08. The lowest BCUT2D eigenvalue weighted by molar-refractivity contribution is -0.272. The first kappa shape index (κ1) is 22.1. The van der Waals surface area contributed by atoms with Gasteiger partial charge in [0.05, 0.1) is 11.6 Å². The third kappa shape index (κ3) is 3.29. The average Bonchev–Trinajstić information content (AvgIpc) is 2.73. The van der Waals surface area contributed by atoms with Crippen molar-refractivity contribution in [2.75, 3.05) is 5.32 Å². The first-order valence-corrected chi connectivity index (χ1v) is 9.86. The molecular formula is C22H19F5N2O3. The Hall–Kier alpha value is -3.14. The van der Waals surface area contributed by atoms with E-state index >= 15 is 0 Å². The van der Waals surface area contributed by atoms with Gasteiger partial charge in [-0.15, -0.1) is 0 Å². The first-order chi connectivity index (χ1) is 15.0. The molecular weight excluding hydrogens is 435 g/mol. The fraction of sp³-hybridized carbons (Fsp3) is 0.318. The van der Waals surface area contributed by atoms with Gasteiger partial charge in [0, 0.05) is 22.7 Å². The van der Waals surface area contributed by atoms with E-state index in [1.807, 2.05) is 0 Å². The summed E-state index contributed by atoms with van der Waals surface area (Å²) >= 11 is 0. The van der Waals surface area contributed by atoms with Gasteiger partial charge in [-0.25, -0.2) is 8.78 Å². The van der Waals surface area contributed by atoms with Crippen LogP contribution in [-0.4, -0.2) is 27.0 Å². The van der Waals surface area contributed by atoms with Crippen LogP contribution < -0.4 is 10.9 Å². The lowest BCUT2D eigenvalue weighted by Crippen LogP contribution is -2.55. The summed E-state index contributed by atoms with van der Waals surface area (Å²) in [7, 11) is 0. The largest absolute Gasteiger partial charge is 0.505 e. The van der Waals surface area contributed by atoms with Crippen LogP contribution in [-0.2, 0) is 0 Å². The number of aromatic nitrogens is 1. The number of anilines is 1. The number of benzene rings is 2. The second kappa shape index (κ2) is 7.47. The molecule has 0 saturated heterocycles. The fourth-order valence-electron chi connectivity index (χ4n) is 4.45. The molecule has 0 spiro atoms. The number of aromatic amines is 1. The standard InChI is InChI=1S/C22H19F5N2O3/c1-2-10-9-21(32,22(25,26)27)20(12-3-5-14(24)19(31)17(10)12)28-15-7-6-13(23)18-11(15)4-8-16(30)29-18/h3-8,10,20,28,31-32H,2,9H2,1H3,(H,29,30)/t10-,20+,21-/m1/s1. The quantitative estimate of drug-likeness (QED) is 0.426. The number of H-pyrrole nitrogens is 1. The topological polar surface area (TPSA) is 85.4 Å². The molecule has 1 aliphatic carbocycles. The number of nitrogens with one attached hydrogen (secondary N) is 2.